The molecule has 1 rings (SSSR count). The standard InChI is InChI=1S/C8H9NO5/c10-5-9(4-7(11)12)8(13)6-2-1-3-14-6/h1-3,10H,4-5H2,(H,11,12). The van der Waals surface area contributed by atoms with E-state index in [-0.39, 0.29) is 5.76 Å². The Morgan fingerprint density at radius 3 is 2.64 bits per heavy atom. The van der Waals surface area contributed by atoms with E-state index in [0.29, 0.717) is 0 Å². The SMILES string of the molecule is O=C(O)CN(CO)C(=O)c1ccco1. The highest BCUT2D eigenvalue weighted by Crippen LogP contribution is 2.04. The number of hydrogen-bond donors (Lipinski definition) is 2. The fourth-order valence-electron chi connectivity index (χ4n) is 0.905. The van der Waals surface area contributed by atoms with E-state index in [9.17, 15) is 9.59 Å². The van der Waals surface area contributed by atoms with Crippen LogP contribution in [0.1, 0.15) is 10.6 Å². The molecule has 0 saturated heterocycles. The maximum absolute atomic E-state index is 11.4. The minimum absolute atomic E-state index is 0.000278. The third-order valence-corrected chi connectivity index (χ3v) is 1.52. The third kappa shape index (κ3) is 2.33. The summed E-state index contributed by atoms with van der Waals surface area (Å²) >= 11 is 0. The lowest BCUT2D eigenvalue weighted by Gasteiger charge is -2.15. The molecule has 6 nitrogen and oxygen atoms in total. The number of aliphatic hydroxyl groups excluding tert-OH is 1. The summed E-state index contributed by atoms with van der Waals surface area (Å²) in [7, 11) is 0. The highest BCUT2D eigenvalue weighted by Gasteiger charge is 2.19. The zero-order valence-corrected chi connectivity index (χ0v) is 7.21. The molecule has 0 saturated carbocycles. The molecule has 0 unspecified atom stereocenters. The lowest BCUT2D eigenvalue weighted by Crippen LogP contribution is -2.36. The Hall–Kier alpha value is -1.82. The van der Waals surface area contributed by atoms with Crippen LogP contribution in [0.2, 0.25) is 0 Å². The predicted octanol–water partition coefficient (Wildman–Crippen LogP) is -0.244. The fourth-order valence-corrected chi connectivity index (χ4v) is 0.905. The van der Waals surface area contributed by atoms with Gasteiger partial charge in [-0.2, -0.15) is 0 Å². The van der Waals surface area contributed by atoms with E-state index in [0.717, 1.165) is 4.90 Å². The van der Waals surface area contributed by atoms with Crippen molar-refractivity contribution in [2.75, 3.05) is 13.3 Å². The number of carboxylic acid groups (broad SMARTS) is 1. The number of aliphatic hydroxyl groups is 1. The number of amides is 1. The average Bonchev–Trinajstić information content (AvgIpc) is 2.65. The summed E-state index contributed by atoms with van der Waals surface area (Å²) in [5, 5.41) is 17.2. The van der Waals surface area contributed by atoms with Crippen molar-refractivity contribution in [1.29, 1.82) is 0 Å². The normalized spacial score (nSPS) is 9.79. The molecule has 14 heavy (non-hydrogen) atoms. The molecule has 1 aromatic heterocycles. The van der Waals surface area contributed by atoms with Crippen LogP contribution in [0.3, 0.4) is 0 Å². The van der Waals surface area contributed by atoms with Crippen molar-refractivity contribution < 1.29 is 24.2 Å². The van der Waals surface area contributed by atoms with E-state index in [2.05, 4.69) is 0 Å². The summed E-state index contributed by atoms with van der Waals surface area (Å²) in [5.41, 5.74) is 0. The van der Waals surface area contributed by atoms with Gasteiger partial charge >= 0.3 is 5.97 Å². The van der Waals surface area contributed by atoms with Crippen molar-refractivity contribution in [3.05, 3.63) is 24.2 Å². The van der Waals surface area contributed by atoms with Crippen LogP contribution in [-0.2, 0) is 4.79 Å². The van der Waals surface area contributed by atoms with Crippen molar-refractivity contribution in [3.8, 4) is 0 Å². The lowest BCUT2D eigenvalue weighted by molar-refractivity contribution is -0.138. The van der Waals surface area contributed by atoms with Gasteiger partial charge in [-0.05, 0) is 12.1 Å². The fraction of sp³-hybridized carbons (Fsp3) is 0.250. The summed E-state index contributed by atoms with van der Waals surface area (Å²) in [6.45, 7) is -1.22. The molecule has 0 aromatic carbocycles. The highest BCUT2D eigenvalue weighted by atomic mass is 16.4. The van der Waals surface area contributed by atoms with Crippen LogP contribution in [0, 0.1) is 0 Å². The van der Waals surface area contributed by atoms with E-state index in [1.165, 1.54) is 18.4 Å². The molecule has 0 aliphatic rings. The summed E-state index contributed by atoms with van der Waals surface area (Å²) in [5.74, 6) is -1.85. The number of nitrogens with zero attached hydrogens (tertiary/aromatic N) is 1. The number of carbonyl (C=O) groups excluding carboxylic acids is 1. The summed E-state index contributed by atoms with van der Waals surface area (Å²) in [6.07, 6.45) is 1.30. The molecule has 0 fully saturated rings. The molecule has 0 aliphatic carbocycles. The molecule has 0 aliphatic heterocycles. The van der Waals surface area contributed by atoms with Crippen LogP contribution in [-0.4, -0.2) is 40.3 Å². The first-order valence-electron chi connectivity index (χ1n) is 3.80. The van der Waals surface area contributed by atoms with Gasteiger partial charge in [-0.15, -0.1) is 0 Å². The van der Waals surface area contributed by atoms with Crippen molar-refractivity contribution in [3.63, 3.8) is 0 Å². The first-order chi connectivity index (χ1) is 6.65. The second-order valence-corrected chi connectivity index (χ2v) is 2.52. The van der Waals surface area contributed by atoms with Gasteiger partial charge < -0.3 is 19.5 Å². The summed E-state index contributed by atoms with van der Waals surface area (Å²) in [6, 6.07) is 2.90. The van der Waals surface area contributed by atoms with Crippen LogP contribution in [0.15, 0.2) is 22.8 Å². The first kappa shape index (κ1) is 10.3. The van der Waals surface area contributed by atoms with Gasteiger partial charge in [-0.25, -0.2) is 0 Å². The molecule has 2 N–H and O–H groups in total. The Morgan fingerprint density at radius 1 is 1.50 bits per heavy atom. The van der Waals surface area contributed by atoms with Gasteiger partial charge in [0.1, 0.15) is 13.3 Å². The molecule has 1 amide bonds. The maximum Gasteiger partial charge on any atom is 0.323 e. The topological polar surface area (TPSA) is 91.0 Å². The maximum atomic E-state index is 11.4. The van der Waals surface area contributed by atoms with Crippen molar-refractivity contribution in [1.82, 2.24) is 4.90 Å². The Morgan fingerprint density at radius 2 is 2.21 bits per heavy atom. The van der Waals surface area contributed by atoms with Crippen LogP contribution < -0.4 is 0 Å². The molecule has 0 spiro atoms. The minimum atomic E-state index is -1.20. The van der Waals surface area contributed by atoms with Crippen molar-refractivity contribution in [2.24, 2.45) is 0 Å². The number of rotatable bonds is 4. The van der Waals surface area contributed by atoms with Crippen LogP contribution in [0.4, 0.5) is 0 Å². The quantitative estimate of drug-likeness (QED) is 0.653. The van der Waals surface area contributed by atoms with Crippen LogP contribution in [0.5, 0.6) is 0 Å². The smallest absolute Gasteiger partial charge is 0.323 e. The van der Waals surface area contributed by atoms with E-state index in [1.807, 2.05) is 0 Å². The van der Waals surface area contributed by atoms with E-state index >= 15 is 0 Å². The van der Waals surface area contributed by atoms with Gasteiger partial charge in [0, 0.05) is 0 Å². The highest BCUT2D eigenvalue weighted by molar-refractivity contribution is 5.93. The van der Waals surface area contributed by atoms with Crippen LogP contribution >= 0.6 is 0 Å². The third-order valence-electron chi connectivity index (χ3n) is 1.52. The largest absolute Gasteiger partial charge is 0.480 e. The minimum Gasteiger partial charge on any atom is -0.480 e. The Balaban J connectivity index is 2.70. The van der Waals surface area contributed by atoms with Gasteiger partial charge in [-0.3, -0.25) is 9.59 Å². The summed E-state index contributed by atoms with van der Waals surface area (Å²) < 4.78 is 4.76. The van der Waals surface area contributed by atoms with Crippen LogP contribution in [0.25, 0.3) is 0 Å². The zero-order chi connectivity index (χ0) is 10.6. The van der Waals surface area contributed by atoms with Crippen molar-refractivity contribution >= 4 is 11.9 Å². The Kier molecular flexibility index (Phi) is 3.24. The molecule has 1 heterocycles. The molecule has 0 atom stereocenters. The molecule has 0 bridgehead atoms. The van der Waals surface area contributed by atoms with Gasteiger partial charge in [0.15, 0.2) is 5.76 Å². The second-order valence-electron chi connectivity index (χ2n) is 2.52. The van der Waals surface area contributed by atoms with Gasteiger partial charge in [0.05, 0.1) is 6.26 Å². The number of hydrogen-bond acceptors (Lipinski definition) is 4. The number of carbonyl (C=O) groups is 2. The Labute approximate surface area is 79.4 Å². The van der Waals surface area contributed by atoms with E-state index in [4.69, 9.17) is 14.6 Å². The molecular weight excluding hydrogens is 190 g/mol. The lowest BCUT2D eigenvalue weighted by atomic mass is 10.4. The first-order valence-corrected chi connectivity index (χ1v) is 3.80. The summed E-state index contributed by atoms with van der Waals surface area (Å²) in [4.78, 5) is 22.4. The number of carboxylic acids is 1. The van der Waals surface area contributed by atoms with E-state index in [1.54, 1.807) is 0 Å². The molecule has 6 heteroatoms. The zero-order valence-electron chi connectivity index (χ0n) is 7.21. The van der Waals surface area contributed by atoms with Gasteiger partial charge in [0.25, 0.3) is 5.91 Å². The second kappa shape index (κ2) is 4.43. The number of furan rings is 1. The van der Waals surface area contributed by atoms with Gasteiger partial charge in [-0.1, -0.05) is 0 Å². The average molecular weight is 199 g/mol. The van der Waals surface area contributed by atoms with E-state index < -0.39 is 25.2 Å². The van der Waals surface area contributed by atoms with Crippen molar-refractivity contribution in [2.45, 2.75) is 0 Å². The monoisotopic (exact) mass is 199 g/mol. The molecule has 0 radical (unpaired) electrons. The molecule has 1 aromatic rings. The number of aliphatic carboxylic acids is 1. The van der Waals surface area contributed by atoms with Gasteiger partial charge in [0.2, 0.25) is 0 Å². The predicted molar refractivity (Wildman–Crippen MR) is 44.5 cm³/mol. The molecular formula is C8H9NO5. The molecule has 76 valence electrons. The Bertz CT molecular complexity index is 318.